The van der Waals surface area contributed by atoms with E-state index in [4.69, 9.17) is 5.11 Å². The van der Waals surface area contributed by atoms with Crippen molar-refractivity contribution in [2.75, 3.05) is 12.0 Å². The van der Waals surface area contributed by atoms with Gasteiger partial charge in [0, 0.05) is 11.8 Å². The van der Waals surface area contributed by atoms with Crippen LogP contribution in [0.2, 0.25) is 0 Å². The molecule has 0 saturated heterocycles. The summed E-state index contributed by atoms with van der Waals surface area (Å²) in [5, 5.41) is 17.9. The molecule has 5 nitrogen and oxygen atoms in total. The summed E-state index contributed by atoms with van der Waals surface area (Å²) in [5.74, 6) is 0.0295. The van der Waals surface area contributed by atoms with Gasteiger partial charge in [0.25, 0.3) is 0 Å². The predicted molar refractivity (Wildman–Crippen MR) is 70.7 cm³/mol. The third-order valence-corrected chi connectivity index (χ3v) is 4.38. The van der Waals surface area contributed by atoms with Crippen LogP contribution in [0.1, 0.15) is 19.2 Å². The van der Waals surface area contributed by atoms with E-state index in [1.807, 2.05) is 23.3 Å². The van der Waals surface area contributed by atoms with Gasteiger partial charge in [-0.05, 0) is 19.6 Å². The van der Waals surface area contributed by atoms with Crippen molar-refractivity contribution < 1.29 is 9.90 Å². The van der Waals surface area contributed by atoms with Gasteiger partial charge in [-0.25, -0.2) is 0 Å². The molecule has 17 heavy (non-hydrogen) atoms. The molecule has 96 valence electrons. The first-order valence-corrected chi connectivity index (χ1v) is 7.59. The Morgan fingerprint density at radius 1 is 1.53 bits per heavy atom. The Morgan fingerprint density at radius 2 is 2.24 bits per heavy atom. The fourth-order valence-corrected chi connectivity index (χ4v) is 2.35. The first-order chi connectivity index (χ1) is 8.04. The molecule has 0 fully saturated rings. The third-order valence-electron chi connectivity index (χ3n) is 2.39. The number of hydrogen-bond acceptors (Lipinski definition) is 5. The van der Waals surface area contributed by atoms with Gasteiger partial charge in [-0.2, -0.15) is 11.8 Å². The van der Waals surface area contributed by atoms with Crippen molar-refractivity contribution in [2.24, 2.45) is 0 Å². The second kappa shape index (κ2) is 6.90. The van der Waals surface area contributed by atoms with Gasteiger partial charge in [0.1, 0.15) is 5.82 Å². The molecule has 1 atom stereocenters. The van der Waals surface area contributed by atoms with Gasteiger partial charge in [-0.3, -0.25) is 4.79 Å². The summed E-state index contributed by atoms with van der Waals surface area (Å²) in [6.07, 6.45) is 3.12. The largest absolute Gasteiger partial charge is 0.481 e. The van der Waals surface area contributed by atoms with Gasteiger partial charge < -0.3 is 9.67 Å². The Morgan fingerprint density at radius 3 is 2.82 bits per heavy atom. The van der Waals surface area contributed by atoms with Crippen LogP contribution in [0.25, 0.3) is 0 Å². The number of hydrogen-bond donors (Lipinski definition) is 1. The van der Waals surface area contributed by atoms with Crippen molar-refractivity contribution in [1.29, 1.82) is 0 Å². The minimum atomic E-state index is -0.834. The van der Waals surface area contributed by atoms with Crippen molar-refractivity contribution in [3.05, 3.63) is 5.82 Å². The zero-order valence-electron chi connectivity index (χ0n) is 10.2. The Labute approximate surface area is 109 Å². The highest BCUT2D eigenvalue weighted by molar-refractivity contribution is 7.99. The number of aryl methyl sites for hydroxylation is 1. The second-order valence-corrected chi connectivity index (χ2v) is 5.92. The lowest BCUT2D eigenvalue weighted by Crippen LogP contribution is -2.08. The van der Waals surface area contributed by atoms with Gasteiger partial charge in [-0.15, -0.1) is 10.2 Å². The van der Waals surface area contributed by atoms with Gasteiger partial charge in [0.2, 0.25) is 0 Å². The van der Waals surface area contributed by atoms with E-state index < -0.39 is 5.97 Å². The van der Waals surface area contributed by atoms with Crippen LogP contribution in [0.15, 0.2) is 5.16 Å². The normalized spacial score (nSPS) is 12.6. The molecule has 1 aromatic rings. The van der Waals surface area contributed by atoms with E-state index in [2.05, 4.69) is 23.4 Å². The third kappa shape index (κ3) is 4.59. The van der Waals surface area contributed by atoms with E-state index in [1.54, 1.807) is 0 Å². The zero-order chi connectivity index (χ0) is 12.8. The van der Waals surface area contributed by atoms with E-state index in [1.165, 1.54) is 11.8 Å². The van der Waals surface area contributed by atoms with Crippen molar-refractivity contribution in [3.8, 4) is 0 Å². The Balaban J connectivity index is 2.62. The van der Waals surface area contributed by atoms with E-state index in [9.17, 15) is 4.79 Å². The molecule has 0 aromatic carbocycles. The molecule has 0 radical (unpaired) electrons. The van der Waals surface area contributed by atoms with E-state index in [-0.39, 0.29) is 5.75 Å². The number of carbonyl (C=O) groups is 1. The maximum atomic E-state index is 10.5. The number of rotatable bonds is 7. The molecule has 0 aliphatic rings. The number of thioether (sulfide) groups is 2. The molecule has 1 rings (SSSR count). The summed E-state index contributed by atoms with van der Waals surface area (Å²) in [4.78, 5) is 10.5. The quantitative estimate of drug-likeness (QED) is 0.767. The molecule has 0 aliphatic carbocycles. The van der Waals surface area contributed by atoms with Crippen LogP contribution in [-0.4, -0.2) is 43.1 Å². The molecule has 0 aliphatic heterocycles. The summed E-state index contributed by atoms with van der Waals surface area (Å²) in [7, 11) is 0. The Kier molecular flexibility index (Phi) is 5.84. The van der Waals surface area contributed by atoms with Crippen LogP contribution in [-0.2, 0) is 11.3 Å². The molecular formula is C10H17N3O2S2. The van der Waals surface area contributed by atoms with Crippen LogP contribution in [0.4, 0.5) is 0 Å². The lowest BCUT2D eigenvalue weighted by Gasteiger charge is -2.11. The van der Waals surface area contributed by atoms with Gasteiger partial charge >= 0.3 is 5.97 Å². The molecule has 1 heterocycles. The molecule has 7 heteroatoms. The zero-order valence-corrected chi connectivity index (χ0v) is 11.8. The minimum Gasteiger partial charge on any atom is -0.481 e. The first-order valence-electron chi connectivity index (χ1n) is 5.31. The summed E-state index contributed by atoms with van der Waals surface area (Å²) in [6, 6.07) is 0. The molecule has 1 aromatic heterocycles. The standard InChI is InChI=1S/C10H17N3O2S2/c1-7(16-3)4-5-13-8(2)11-12-10(13)17-6-9(14)15/h7H,4-6H2,1-3H3,(H,14,15). The van der Waals surface area contributed by atoms with E-state index in [0.717, 1.165) is 18.8 Å². The maximum absolute atomic E-state index is 10.5. The molecule has 1 N–H and O–H groups in total. The summed E-state index contributed by atoms with van der Waals surface area (Å²) in [6.45, 7) is 4.90. The average molecular weight is 275 g/mol. The average Bonchev–Trinajstić information content (AvgIpc) is 2.64. The van der Waals surface area contributed by atoms with Crippen LogP contribution >= 0.6 is 23.5 Å². The number of aromatic nitrogens is 3. The second-order valence-electron chi connectivity index (χ2n) is 3.70. The fourth-order valence-electron chi connectivity index (χ4n) is 1.28. The molecule has 0 spiro atoms. The summed E-state index contributed by atoms with van der Waals surface area (Å²) >= 11 is 3.04. The lowest BCUT2D eigenvalue weighted by atomic mass is 10.3. The molecular weight excluding hydrogens is 258 g/mol. The van der Waals surface area contributed by atoms with E-state index in [0.29, 0.717) is 10.4 Å². The van der Waals surface area contributed by atoms with Crippen LogP contribution in [0, 0.1) is 6.92 Å². The van der Waals surface area contributed by atoms with Gasteiger partial charge in [-0.1, -0.05) is 18.7 Å². The van der Waals surface area contributed by atoms with Crippen molar-refractivity contribution in [1.82, 2.24) is 14.8 Å². The van der Waals surface area contributed by atoms with Crippen molar-refractivity contribution >= 4 is 29.5 Å². The number of aliphatic carboxylic acids is 1. The lowest BCUT2D eigenvalue weighted by molar-refractivity contribution is -0.133. The highest BCUT2D eigenvalue weighted by Gasteiger charge is 2.11. The first kappa shape index (κ1) is 14.4. The summed E-state index contributed by atoms with van der Waals surface area (Å²) < 4.78 is 1.99. The monoisotopic (exact) mass is 275 g/mol. The van der Waals surface area contributed by atoms with Gasteiger partial charge in [0.05, 0.1) is 5.75 Å². The van der Waals surface area contributed by atoms with Crippen LogP contribution < -0.4 is 0 Å². The smallest absolute Gasteiger partial charge is 0.313 e. The van der Waals surface area contributed by atoms with Crippen LogP contribution in [0.3, 0.4) is 0 Å². The Bertz CT molecular complexity index is 382. The fraction of sp³-hybridized carbons (Fsp3) is 0.700. The molecule has 0 bridgehead atoms. The van der Waals surface area contributed by atoms with Gasteiger partial charge in [0.15, 0.2) is 5.16 Å². The highest BCUT2D eigenvalue weighted by atomic mass is 32.2. The van der Waals surface area contributed by atoms with E-state index >= 15 is 0 Å². The van der Waals surface area contributed by atoms with Crippen molar-refractivity contribution in [3.63, 3.8) is 0 Å². The molecule has 1 unspecified atom stereocenters. The maximum Gasteiger partial charge on any atom is 0.313 e. The SMILES string of the molecule is CSC(C)CCn1c(C)nnc1SCC(=O)O. The molecule has 0 amide bonds. The topological polar surface area (TPSA) is 68.0 Å². The summed E-state index contributed by atoms with van der Waals surface area (Å²) in [5.41, 5.74) is 0. The Hall–Kier alpha value is -0.690. The number of nitrogens with zero attached hydrogens (tertiary/aromatic N) is 3. The van der Waals surface area contributed by atoms with Crippen LogP contribution in [0.5, 0.6) is 0 Å². The number of carboxylic acid groups (broad SMARTS) is 1. The molecule has 0 saturated carbocycles. The minimum absolute atomic E-state index is 0.0240. The highest BCUT2D eigenvalue weighted by Crippen LogP contribution is 2.19. The van der Waals surface area contributed by atoms with Crippen molar-refractivity contribution in [2.45, 2.75) is 37.2 Å². The number of carboxylic acids is 1. The predicted octanol–water partition coefficient (Wildman–Crippen LogP) is 1.90.